The largest absolute Gasteiger partial charge is 0.497 e. The van der Waals surface area contributed by atoms with Crippen LogP contribution in [-0.2, 0) is 0 Å². The second-order valence-corrected chi connectivity index (χ2v) is 7.71. The van der Waals surface area contributed by atoms with Gasteiger partial charge < -0.3 is 19.9 Å². The first-order chi connectivity index (χ1) is 14.3. The Bertz CT molecular complexity index is 921. The van der Waals surface area contributed by atoms with Gasteiger partial charge in [-0.3, -0.25) is 4.79 Å². The van der Waals surface area contributed by atoms with E-state index in [2.05, 4.69) is 15.3 Å². The van der Waals surface area contributed by atoms with Gasteiger partial charge >= 0.3 is 6.18 Å². The lowest BCUT2D eigenvalue weighted by molar-refractivity contribution is -0.173. The molecule has 2 aliphatic heterocycles. The van der Waals surface area contributed by atoms with Crippen molar-refractivity contribution in [1.82, 2.24) is 19.6 Å². The Morgan fingerprint density at radius 3 is 2.63 bits per heavy atom. The number of likely N-dealkylation sites (N-methyl/N-ethyl adjacent to an activating group) is 1. The highest BCUT2D eigenvalue weighted by atomic mass is 19.4. The van der Waals surface area contributed by atoms with E-state index in [4.69, 9.17) is 4.74 Å². The van der Waals surface area contributed by atoms with Crippen molar-refractivity contribution < 1.29 is 22.7 Å². The molecule has 1 aromatic heterocycles. The number of ether oxygens (including phenoxy) is 1. The Kier molecular flexibility index (Phi) is 5.35. The van der Waals surface area contributed by atoms with E-state index in [0.29, 0.717) is 24.4 Å². The van der Waals surface area contributed by atoms with Crippen LogP contribution >= 0.6 is 0 Å². The molecule has 3 heterocycles. The molecule has 7 nitrogen and oxygen atoms in total. The van der Waals surface area contributed by atoms with E-state index in [1.54, 1.807) is 29.2 Å². The molecule has 1 amide bonds. The first kappa shape index (κ1) is 20.5. The summed E-state index contributed by atoms with van der Waals surface area (Å²) in [7, 11) is 3.48. The highest BCUT2D eigenvalue weighted by Gasteiger charge is 2.47. The van der Waals surface area contributed by atoms with E-state index < -0.39 is 18.3 Å². The maximum Gasteiger partial charge on any atom is 0.410 e. The first-order valence-corrected chi connectivity index (χ1v) is 9.80. The summed E-state index contributed by atoms with van der Waals surface area (Å²) < 4.78 is 47.7. The van der Waals surface area contributed by atoms with Crippen LogP contribution in [0.4, 0.5) is 19.0 Å². The molecule has 0 bridgehead atoms. The molecule has 2 aliphatic rings. The van der Waals surface area contributed by atoms with Crippen LogP contribution in [0.5, 0.6) is 5.75 Å². The number of piperazine rings is 1. The zero-order chi connectivity index (χ0) is 21.5. The smallest absolute Gasteiger partial charge is 0.410 e. The molecule has 30 heavy (non-hydrogen) atoms. The number of carbonyl (C=O) groups excluding carboxylic acids is 1. The summed E-state index contributed by atoms with van der Waals surface area (Å²) in [6, 6.07) is 4.48. The molecule has 1 fully saturated rings. The molecule has 0 radical (unpaired) electrons. The number of fused-ring (bicyclic) bond motifs is 1. The van der Waals surface area contributed by atoms with Crippen LogP contribution in [0.2, 0.25) is 0 Å². The minimum Gasteiger partial charge on any atom is -0.497 e. The van der Waals surface area contributed by atoms with Gasteiger partial charge in [0.05, 0.1) is 19.3 Å². The van der Waals surface area contributed by atoms with E-state index in [1.807, 2.05) is 7.05 Å². The molecule has 0 unspecified atom stereocenters. The van der Waals surface area contributed by atoms with Crippen molar-refractivity contribution in [3.63, 3.8) is 0 Å². The van der Waals surface area contributed by atoms with Crippen LogP contribution in [0.15, 0.2) is 30.5 Å². The third-order valence-corrected chi connectivity index (χ3v) is 5.76. The Morgan fingerprint density at radius 1 is 1.23 bits per heavy atom. The van der Waals surface area contributed by atoms with E-state index in [0.717, 1.165) is 17.8 Å². The number of carbonyl (C=O) groups is 1. The Morgan fingerprint density at radius 2 is 1.97 bits per heavy atom. The van der Waals surface area contributed by atoms with Gasteiger partial charge in [-0.05, 0) is 24.7 Å². The third kappa shape index (κ3) is 3.83. The maximum absolute atomic E-state index is 13.8. The number of aromatic nitrogens is 2. The fourth-order valence-electron chi connectivity index (χ4n) is 3.98. The van der Waals surface area contributed by atoms with Gasteiger partial charge in [0.25, 0.3) is 5.91 Å². The van der Waals surface area contributed by atoms with Crippen molar-refractivity contribution in [3.05, 3.63) is 41.6 Å². The number of hydrogen-bond donors (Lipinski definition) is 1. The topological polar surface area (TPSA) is 62.6 Å². The van der Waals surface area contributed by atoms with Crippen LogP contribution in [0.1, 0.15) is 34.4 Å². The summed E-state index contributed by atoms with van der Waals surface area (Å²) in [4.78, 5) is 16.8. The van der Waals surface area contributed by atoms with Crippen molar-refractivity contribution in [2.75, 3.05) is 45.7 Å². The number of alkyl halides is 3. The number of benzene rings is 1. The predicted molar refractivity (Wildman–Crippen MR) is 105 cm³/mol. The molecule has 162 valence electrons. The summed E-state index contributed by atoms with van der Waals surface area (Å²) in [6.45, 7) is 2.50. The summed E-state index contributed by atoms with van der Waals surface area (Å²) in [5.41, 5.74) is 0.829. The van der Waals surface area contributed by atoms with Gasteiger partial charge in [-0.15, -0.1) is 0 Å². The van der Waals surface area contributed by atoms with E-state index in [-0.39, 0.29) is 23.7 Å². The minimum atomic E-state index is -4.49. The van der Waals surface area contributed by atoms with Crippen molar-refractivity contribution in [2.24, 2.45) is 0 Å². The number of methoxy groups -OCH3 is 1. The van der Waals surface area contributed by atoms with E-state index in [1.165, 1.54) is 13.3 Å². The van der Waals surface area contributed by atoms with Crippen LogP contribution < -0.4 is 10.1 Å². The Balaban J connectivity index is 1.68. The summed E-state index contributed by atoms with van der Waals surface area (Å²) in [5, 5.41) is 7.08. The predicted octanol–water partition coefficient (Wildman–Crippen LogP) is 2.94. The number of rotatable bonds is 3. The summed E-state index contributed by atoms with van der Waals surface area (Å²) in [6.07, 6.45) is -3.47. The number of halogens is 3. The molecule has 4 rings (SSSR count). The van der Waals surface area contributed by atoms with Gasteiger partial charge in [0.15, 0.2) is 6.04 Å². The highest BCUT2D eigenvalue weighted by Crippen LogP contribution is 2.44. The van der Waals surface area contributed by atoms with Crippen molar-refractivity contribution in [2.45, 2.75) is 24.7 Å². The lowest BCUT2D eigenvalue weighted by Crippen LogP contribution is -2.47. The Hall–Kier alpha value is -2.75. The number of nitrogens with one attached hydrogen (secondary N) is 1. The molecule has 0 saturated carbocycles. The fraction of sp³-hybridized carbons (Fsp3) is 0.500. The molecule has 1 N–H and O–H groups in total. The van der Waals surface area contributed by atoms with E-state index in [9.17, 15) is 18.0 Å². The molecule has 2 aromatic rings. The number of nitrogens with zero attached hydrogens (tertiary/aromatic N) is 4. The third-order valence-electron chi connectivity index (χ3n) is 5.76. The quantitative estimate of drug-likeness (QED) is 0.823. The highest BCUT2D eigenvalue weighted by molar-refractivity contribution is 5.99. The Labute approximate surface area is 172 Å². The molecule has 10 heteroatoms. The standard InChI is InChI=1S/C20H24F3N5O2/c1-26-6-8-27(9-7-26)19(29)15-12-24-28-17(20(21,22)23)11-16(25-18(15)28)13-4-3-5-14(10-13)30-2/h3-5,10,12,16-17,25H,6-9,11H2,1-2H3/t16-,17-/m0/s1. The maximum atomic E-state index is 13.8. The van der Waals surface area contributed by atoms with Crippen LogP contribution in [-0.4, -0.2) is 72.0 Å². The average Bonchev–Trinajstić information content (AvgIpc) is 3.16. The second kappa shape index (κ2) is 7.82. The van der Waals surface area contributed by atoms with Crippen LogP contribution in [0, 0.1) is 0 Å². The van der Waals surface area contributed by atoms with Crippen molar-refractivity contribution in [3.8, 4) is 5.75 Å². The van der Waals surface area contributed by atoms with Gasteiger partial charge in [0.2, 0.25) is 0 Å². The van der Waals surface area contributed by atoms with Gasteiger partial charge in [0, 0.05) is 32.6 Å². The lowest BCUT2D eigenvalue weighted by atomic mass is 9.96. The number of hydrogen-bond acceptors (Lipinski definition) is 5. The first-order valence-electron chi connectivity index (χ1n) is 9.80. The van der Waals surface area contributed by atoms with E-state index >= 15 is 0 Å². The SMILES string of the molecule is COc1cccc([C@@H]2C[C@@H](C(F)(F)F)n3ncc(C(=O)N4CCN(C)CC4)c3N2)c1. The average molecular weight is 423 g/mol. The molecular weight excluding hydrogens is 399 g/mol. The molecule has 0 spiro atoms. The lowest BCUT2D eigenvalue weighted by Gasteiger charge is -2.35. The molecule has 2 atom stereocenters. The summed E-state index contributed by atoms with van der Waals surface area (Å²) >= 11 is 0. The van der Waals surface area contributed by atoms with Crippen LogP contribution in [0.25, 0.3) is 0 Å². The fourth-order valence-corrected chi connectivity index (χ4v) is 3.98. The van der Waals surface area contributed by atoms with Gasteiger partial charge in [-0.25, -0.2) is 4.68 Å². The van der Waals surface area contributed by atoms with Crippen molar-refractivity contribution >= 4 is 11.7 Å². The van der Waals surface area contributed by atoms with Crippen molar-refractivity contribution in [1.29, 1.82) is 0 Å². The molecule has 1 aromatic carbocycles. The molecule has 1 saturated heterocycles. The van der Waals surface area contributed by atoms with Gasteiger partial charge in [-0.2, -0.15) is 18.3 Å². The van der Waals surface area contributed by atoms with Crippen LogP contribution in [0.3, 0.4) is 0 Å². The number of anilines is 1. The van der Waals surface area contributed by atoms with Gasteiger partial charge in [-0.1, -0.05) is 12.1 Å². The monoisotopic (exact) mass is 423 g/mol. The molecule has 0 aliphatic carbocycles. The number of amides is 1. The summed E-state index contributed by atoms with van der Waals surface area (Å²) in [5.74, 6) is 0.370. The normalized spacial score (nSPS) is 22.4. The molecular formula is C20H24F3N5O2. The second-order valence-electron chi connectivity index (χ2n) is 7.71. The minimum absolute atomic E-state index is 0.111. The zero-order valence-corrected chi connectivity index (χ0v) is 16.8. The van der Waals surface area contributed by atoms with Gasteiger partial charge in [0.1, 0.15) is 17.1 Å². The zero-order valence-electron chi connectivity index (χ0n) is 16.8.